The number of likely N-dealkylation sites (tertiary alicyclic amines) is 1. The van der Waals surface area contributed by atoms with Gasteiger partial charge in [-0.25, -0.2) is 9.37 Å². The van der Waals surface area contributed by atoms with Crippen molar-refractivity contribution in [2.45, 2.75) is 25.7 Å². The molecule has 3 heterocycles. The minimum atomic E-state index is -0.300. The summed E-state index contributed by atoms with van der Waals surface area (Å²) >= 11 is 0. The van der Waals surface area contributed by atoms with Gasteiger partial charge in [0.25, 0.3) is 0 Å². The van der Waals surface area contributed by atoms with Crippen LogP contribution in [0.15, 0.2) is 48.7 Å². The van der Waals surface area contributed by atoms with Crippen molar-refractivity contribution in [1.29, 1.82) is 0 Å². The molecule has 2 aromatic rings. The van der Waals surface area contributed by atoms with Crippen LogP contribution < -0.4 is 4.90 Å². The molecule has 0 bridgehead atoms. The number of halogens is 1. The molecule has 0 amide bonds. The molecule has 0 aliphatic carbocycles. The van der Waals surface area contributed by atoms with Crippen molar-refractivity contribution < 1.29 is 9.18 Å². The van der Waals surface area contributed by atoms with E-state index < -0.39 is 0 Å². The highest BCUT2D eigenvalue weighted by molar-refractivity contribution is 5.97. The molecule has 2 aliphatic heterocycles. The van der Waals surface area contributed by atoms with Gasteiger partial charge >= 0.3 is 0 Å². The van der Waals surface area contributed by atoms with Gasteiger partial charge in [0.1, 0.15) is 11.6 Å². The second-order valence-corrected chi connectivity index (χ2v) is 8.06. The zero-order valence-electron chi connectivity index (χ0n) is 16.3. The highest BCUT2D eigenvalue weighted by atomic mass is 19.1. The molecule has 0 spiro atoms. The second kappa shape index (κ2) is 8.82. The average Bonchev–Trinajstić information content (AvgIpc) is 2.75. The maximum atomic E-state index is 13.0. The van der Waals surface area contributed by atoms with Gasteiger partial charge in [0.05, 0.1) is 6.54 Å². The van der Waals surface area contributed by atoms with Crippen LogP contribution in [0.3, 0.4) is 0 Å². The van der Waals surface area contributed by atoms with E-state index >= 15 is 0 Å². The summed E-state index contributed by atoms with van der Waals surface area (Å²) in [4.78, 5) is 21.5. The fourth-order valence-electron chi connectivity index (χ4n) is 4.65. The lowest BCUT2D eigenvalue weighted by Crippen LogP contribution is -2.42. The predicted octanol–water partition coefficient (Wildman–Crippen LogP) is 4.03. The normalized spacial score (nSPS) is 19.7. The minimum Gasteiger partial charge on any atom is -0.357 e. The predicted molar refractivity (Wildman–Crippen MR) is 109 cm³/mol. The van der Waals surface area contributed by atoms with Crippen molar-refractivity contribution >= 4 is 11.6 Å². The van der Waals surface area contributed by atoms with Crippen LogP contribution in [0.1, 0.15) is 36.0 Å². The van der Waals surface area contributed by atoms with Crippen LogP contribution in [0.4, 0.5) is 10.2 Å². The topological polar surface area (TPSA) is 36.4 Å². The summed E-state index contributed by atoms with van der Waals surface area (Å²) in [6.07, 6.45) is 6.67. The fourth-order valence-corrected chi connectivity index (χ4v) is 4.65. The monoisotopic (exact) mass is 381 g/mol. The van der Waals surface area contributed by atoms with E-state index in [4.69, 9.17) is 0 Å². The Morgan fingerprint density at radius 3 is 2.18 bits per heavy atom. The average molecular weight is 381 g/mol. The smallest absolute Gasteiger partial charge is 0.176 e. The first-order chi connectivity index (χ1) is 13.7. The number of pyridine rings is 1. The summed E-state index contributed by atoms with van der Waals surface area (Å²) < 4.78 is 13.0. The third-order valence-electron chi connectivity index (χ3n) is 6.35. The van der Waals surface area contributed by atoms with Gasteiger partial charge in [-0.2, -0.15) is 0 Å². The zero-order chi connectivity index (χ0) is 19.3. The molecular weight excluding hydrogens is 353 g/mol. The Morgan fingerprint density at radius 1 is 0.929 bits per heavy atom. The maximum absolute atomic E-state index is 13.0. The first-order valence-corrected chi connectivity index (χ1v) is 10.4. The molecule has 28 heavy (non-hydrogen) atoms. The van der Waals surface area contributed by atoms with E-state index in [0.717, 1.165) is 43.8 Å². The van der Waals surface area contributed by atoms with Gasteiger partial charge in [0.2, 0.25) is 0 Å². The minimum absolute atomic E-state index is 0.0853. The van der Waals surface area contributed by atoms with Gasteiger partial charge in [-0.1, -0.05) is 6.07 Å². The van der Waals surface area contributed by atoms with E-state index in [-0.39, 0.29) is 11.6 Å². The molecule has 0 unspecified atom stereocenters. The first kappa shape index (κ1) is 19.1. The lowest BCUT2D eigenvalue weighted by atomic mass is 9.78. The van der Waals surface area contributed by atoms with E-state index in [2.05, 4.69) is 26.9 Å². The van der Waals surface area contributed by atoms with Crippen molar-refractivity contribution in [1.82, 2.24) is 9.88 Å². The van der Waals surface area contributed by atoms with Crippen LogP contribution in [0.25, 0.3) is 0 Å². The SMILES string of the molecule is O=C(CN1CCC(C2CCN(c3ccccn3)CC2)CC1)c1ccc(F)cc1. The molecule has 0 saturated carbocycles. The van der Waals surface area contributed by atoms with E-state index in [0.29, 0.717) is 12.1 Å². The van der Waals surface area contributed by atoms with Crippen molar-refractivity contribution in [3.05, 3.63) is 60.0 Å². The zero-order valence-corrected chi connectivity index (χ0v) is 16.3. The van der Waals surface area contributed by atoms with Gasteiger partial charge in [-0.15, -0.1) is 0 Å². The summed E-state index contributed by atoms with van der Waals surface area (Å²) in [5, 5.41) is 0. The Balaban J connectivity index is 1.22. The Morgan fingerprint density at radius 2 is 1.57 bits per heavy atom. The molecule has 0 radical (unpaired) electrons. The molecule has 4 nitrogen and oxygen atoms in total. The summed E-state index contributed by atoms with van der Waals surface area (Å²) in [7, 11) is 0. The molecule has 0 atom stereocenters. The third-order valence-corrected chi connectivity index (χ3v) is 6.35. The highest BCUT2D eigenvalue weighted by Gasteiger charge is 2.30. The van der Waals surface area contributed by atoms with E-state index in [1.165, 1.54) is 37.8 Å². The molecule has 5 heteroatoms. The van der Waals surface area contributed by atoms with Crippen LogP contribution >= 0.6 is 0 Å². The largest absolute Gasteiger partial charge is 0.357 e. The number of nitrogens with zero attached hydrogens (tertiary/aromatic N) is 3. The quantitative estimate of drug-likeness (QED) is 0.733. The van der Waals surface area contributed by atoms with E-state index in [9.17, 15) is 9.18 Å². The van der Waals surface area contributed by atoms with Crippen molar-refractivity contribution in [3.63, 3.8) is 0 Å². The van der Waals surface area contributed by atoms with Crippen molar-refractivity contribution in [3.8, 4) is 0 Å². The first-order valence-electron chi connectivity index (χ1n) is 10.4. The summed E-state index contributed by atoms with van der Waals surface area (Å²) in [5.74, 6) is 2.43. The number of rotatable bonds is 5. The molecule has 0 N–H and O–H groups in total. The standard InChI is InChI=1S/C23H28FN3O/c24-21-6-4-20(5-7-21)22(28)17-26-13-8-18(9-14-26)19-10-15-27(16-11-19)23-3-1-2-12-25-23/h1-7,12,18-19H,8-11,13-17H2. The Kier molecular flexibility index (Phi) is 6.01. The van der Waals surface area contributed by atoms with Crippen molar-refractivity contribution in [2.75, 3.05) is 37.6 Å². The summed E-state index contributed by atoms with van der Waals surface area (Å²) in [6.45, 7) is 4.59. The molecule has 1 aromatic carbocycles. The van der Waals surface area contributed by atoms with Crippen LogP contribution in [0.2, 0.25) is 0 Å². The molecule has 1 aromatic heterocycles. The Hall–Kier alpha value is -2.27. The van der Waals surface area contributed by atoms with Crippen LogP contribution in [-0.2, 0) is 0 Å². The number of carbonyl (C=O) groups is 1. The lowest BCUT2D eigenvalue weighted by molar-refractivity contribution is 0.0859. The molecule has 2 saturated heterocycles. The number of anilines is 1. The number of aromatic nitrogens is 1. The van der Waals surface area contributed by atoms with Crippen LogP contribution in [0.5, 0.6) is 0 Å². The Bertz CT molecular complexity index is 764. The van der Waals surface area contributed by atoms with Crippen LogP contribution in [-0.4, -0.2) is 48.4 Å². The number of hydrogen-bond acceptors (Lipinski definition) is 4. The van der Waals surface area contributed by atoms with Gasteiger partial charge in [0.15, 0.2) is 5.78 Å². The number of hydrogen-bond donors (Lipinski definition) is 0. The van der Waals surface area contributed by atoms with E-state index in [1.807, 2.05) is 12.3 Å². The molecular formula is C23H28FN3O. The number of Topliss-reactive ketones (excluding diaryl/α,β-unsaturated/α-hetero) is 1. The lowest BCUT2D eigenvalue weighted by Gasteiger charge is -2.40. The number of piperidine rings is 2. The highest BCUT2D eigenvalue weighted by Crippen LogP contribution is 2.33. The number of carbonyl (C=O) groups excluding carboxylic acids is 1. The summed E-state index contributed by atoms with van der Waals surface area (Å²) in [6, 6.07) is 12.0. The van der Waals surface area contributed by atoms with Crippen LogP contribution in [0, 0.1) is 17.7 Å². The Labute approximate surface area is 166 Å². The van der Waals surface area contributed by atoms with Gasteiger partial charge in [0, 0.05) is 24.8 Å². The maximum Gasteiger partial charge on any atom is 0.176 e. The molecule has 2 fully saturated rings. The number of ketones is 1. The van der Waals surface area contributed by atoms with Gasteiger partial charge in [-0.05, 0) is 87.0 Å². The third kappa shape index (κ3) is 4.58. The number of benzene rings is 1. The molecule has 2 aliphatic rings. The van der Waals surface area contributed by atoms with Gasteiger partial charge in [-0.3, -0.25) is 9.69 Å². The summed E-state index contributed by atoms with van der Waals surface area (Å²) in [5.41, 5.74) is 0.602. The van der Waals surface area contributed by atoms with E-state index in [1.54, 1.807) is 12.1 Å². The van der Waals surface area contributed by atoms with Crippen molar-refractivity contribution in [2.24, 2.45) is 11.8 Å². The van der Waals surface area contributed by atoms with Gasteiger partial charge < -0.3 is 4.90 Å². The second-order valence-electron chi connectivity index (χ2n) is 8.06. The molecule has 148 valence electrons. The molecule has 4 rings (SSSR count). The fraction of sp³-hybridized carbons (Fsp3) is 0.478.